The SMILES string of the molecule is CC(=O)NC1SC=CN1c1ccc(N=C(N)N)cc1. The highest BCUT2D eigenvalue weighted by Crippen LogP contribution is 2.30. The number of thioether (sulfide) groups is 1. The maximum absolute atomic E-state index is 11.1. The van der Waals surface area contributed by atoms with Gasteiger partial charge in [-0.3, -0.25) is 4.79 Å². The van der Waals surface area contributed by atoms with Crippen LogP contribution in [-0.4, -0.2) is 17.4 Å². The van der Waals surface area contributed by atoms with Crippen LogP contribution in [0.3, 0.4) is 0 Å². The number of benzene rings is 1. The highest BCUT2D eigenvalue weighted by Gasteiger charge is 2.21. The number of rotatable bonds is 3. The maximum atomic E-state index is 11.1. The second-order valence-electron chi connectivity index (χ2n) is 3.93. The molecule has 0 aromatic heterocycles. The minimum atomic E-state index is -0.119. The predicted molar refractivity (Wildman–Crippen MR) is 78.7 cm³/mol. The van der Waals surface area contributed by atoms with Crippen molar-refractivity contribution in [3.63, 3.8) is 0 Å². The van der Waals surface area contributed by atoms with Crippen molar-refractivity contribution in [1.82, 2.24) is 5.32 Å². The van der Waals surface area contributed by atoms with Gasteiger partial charge in [-0.05, 0) is 29.7 Å². The van der Waals surface area contributed by atoms with Gasteiger partial charge in [0.25, 0.3) is 0 Å². The van der Waals surface area contributed by atoms with Crippen LogP contribution in [0.5, 0.6) is 0 Å². The van der Waals surface area contributed by atoms with Gasteiger partial charge in [0.15, 0.2) is 11.5 Å². The molecule has 1 unspecified atom stereocenters. The Labute approximate surface area is 115 Å². The Balaban J connectivity index is 2.15. The Morgan fingerprint density at radius 1 is 1.37 bits per heavy atom. The van der Waals surface area contributed by atoms with E-state index in [1.807, 2.05) is 40.8 Å². The van der Waals surface area contributed by atoms with Crippen LogP contribution in [0.4, 0.5) is 11.4 Å². The number of hydrogen-bond acceptors (Lipinski definition) is 4. The second kappa shape index (κ2) is 5.66. The third-order valence-electron chi connectivity index (χ3n) is 2.41. The average Bonchev–Trinajstić information content (AvgIpc) is 2.76. The molecule has 1 aliphatic rings. The predicted octanol–water partition coefficient (Wildman–Crippen LogP) is 1.04. The third-order valence-corrected chi connectivity index (χ3v) is 3.30. The average molecular weight is 277 g/mol. The van der Waals surface area contributed by atoms with Crippen LogP contribution in [-0.2, 0) is 4.79 Å². The van der Waals surface area contributed by atoms with Gasteiger partial charge in [-0.15, -0.1) is 0 Å². The molecule has 5 N–H and O–H groups in total. The minimum absolute atomic E-state index is 0.0282. The number of nitrogens with zero attached hydrogens (tertiary/aromatic N) is 2. The molecule has 0 radical (unpaired) electrons. The molecule has 1 amide bonds. The maximum Gasteiger partial charge on any atom is 0.219 e. The van der Waals surface area contributed by atoms with Gasteiger partial charge in [0.2, 0.25) is 5.91 Å². The molecule has 0 spiro atoms. The molecular formula is C12H15N5OS. The van der Waals surface area contributed by atoms with Crippen molar-refractivity contribution in [2.45, 2.75) is 12.4 Å². The summed E-state index contributed by atoms with van der Waals surface area (Å²) in [5.74, 6) is -0.0381. The Morgan fingerprint density at radius 3 is 2.63 bits per heavy atom. The van der Waals surface area contributed by atoms with E-state index in [0.717, 1.165) is 5.69 Å². The lowest BCUT2D eigenvalue weighted by molar-refractivity contribution is -0.119. The number of amides is 1. The molecule has 1 atom stereocenters. The Hall–Kier alpha value is -2.15. The van der Waals surface area contributed by atoms with Crippen LogP contribution >= 0.6 is 11.8 Å². The van der Waals surface area contributed by atoms with Crippen LogP contribution in [0.1, 0.15) is 6.92 Å². The van der Waals surface area contributed by atoms with Crippen molar-refractivity contribution in [3.8, 4) is 0 Å². The van der Waals surface area contributed by atoms with Crippen LogP contribution in [0.15, 0.2) is 40.9 Å². The van der Waals surface area contributed by atoms with Crippen molar-refractivity contribution >= 4 is 35.0 Å². The Bertz CT molecular complexity index is 521. The molecule has 2 rings (SSSR count). The molecule has 1 aromatic rings. The molecule has 0 saturated carbocycles. The summed E-state index contributed by atoms with van der Waals surface area (Å²) >= 11 is 1.53. The van der Waals surface area contributed by atoms with E-state index in [2.05, 4.69) is 10.3 Å². The second-order valence-corrected chi connectivity index (χ2v) is 4.93. The zero-order chi connectivity index (χ0) is 13.8. The molecule has 0 bridgehead atoms. The highest BCUT2D eigenvalue weighted by atomic mass is 32.2. The minimum Gasteiger partial charge on any atom is -0.370 e. The van der Waals surface area contributed by atoms with Crippen molar-refractivity contribution in [2.24, 2.45) is 16.5 Å². The molecule has 19 heavy (non-hydrogen) atoms. The summed E-state index contributed by atoms with van der Waals surface area (Å²) in [5.41, 5.74) is 12.2. The van der Waals surface area contributed by atoms with E-state index in [1.165, 1.54) is 18.7 Å². The largest absolute Gasteiger partial charge is 0.370 e. The van der Waals surface area contributed by atoms with E-state index in [4.69, 9.17) is 11.5 Å². The quantitative estimate of drug-likeness (QED) is 0.566. The molecule has 1 aromatic carbocycles. The zero-order valence-corrected chi connectivity index (χ0v) is 11.2. The summed E-state index contributed by atoms with van der Waals surface area (Å²) < 4.78 is 0. The summed E-state index contributed by atoms with van der Waals surface area (Å²) in [5, 5.41) is 4.79. The molecular weight excluding hydrogens is 262 g/mol. The molecule has 6 nitrogen and oxygen atoms in total. The van der Waals surface area contributed by atoms with Crippen LogP contribution in [0.25, 0.3) is 0 Å². The van der Waals surface area contributed by atoms with E-state index in [-0.39, 0.29) is 17.4 Å². The summed E-state index contributed by atoms with van der Waals surface area (Å²) in [6.45, 7) is 1.50. The van der Waals surface area contributed by atoms with E-state index in [1.54, 1.807) is 0 Å². The van der Waals surface area contributed by atoms with Gasteiger partial charge in [-0.1, -0.05) is 11.8 Å². The van der Waals surface area contributed by atoms with E-state index < -0.39 is 0 Å². The van der Waals surface area contributed by atoms with Crippen LogP contribution in [0, 0.1) is 0 Å². The first kappa shape index (κ1) is 13.3. The van der Waals surface area contributed by atoms with Gasteiger partial charge in [0.05, 0.1) is 5.69 Å². The molecule has 100 valence electrons. The zero-order valence-electron chi connectivity index (χ0n) is 10.4. The smallest absolute Gasteiger partial charge is 0.219 e. The van der Waals surface area contributed by atoms with Crippen molar-refractivity contribution in [3.05, 3.63) is 35.9 Å². The summed E-state index contributed by atoms with van der Waals surface area (Å²) in [6, 6.07) is 7.42. The number of hydrogen-bond donors (Lipinski definition) is 3. The van der Waals surface area contributed by atoms with Gasteiger partial charge in [0.1, 0.15) is 0 Å². The number of nitrogens with one attached hydrogen (secondary N) is 1. The van der Waals surface area contributed by atoms with E-state index in [9.17, 15) is 4.79 Å². The van der Waals surface area contributed by atoms with Crippen molar-refractivity contribution < 1.29 is 4.79 Å². The number of anilines is 1. The van der Waals surface area contributed by atoms with Gasteiger partial charge in [-0.2, -0.15) is 0 Å². The topological polar surface area (TPSA) is 96.7 Å². The van der Waals surface area contributed by atoms with Crippen LogP contribution in [0.2, 0.25) is 0 Å². The van der Waals surface area contributed by atoms with Crippen LogP contribution < -0.4 is 21.7 Å². The fourth-order valence-electron chi connectivity index (χ4n) is 1.67. The first-order chi connectivity index (χ1) is 9.06. The summed E-state index contributed by atoms with van der Waals surface area (Å²) in [4.78, 5) is 17.0. The summed E-state index contributed by atoms with van der Waals surface area (Å²) in [6.07, 6.45) is 1.92. The highest BCUT2D eigenvalue weighted by molar-refractivity contribution is 8.03. The van der Waals surface area contributed by atoms with Gasteiger partial charge in [-0.25, -0.2) is 4.99 Å². The lowest BCUT2D eigenvalue weighted by atomic mass is 10.2. The first-order valence-corrected chi connectivity index (χ1v) is 6.58. The van der Waals surface area contributed by atoms with Crippen molar-refractivity contribution in [2.75, 3.05) is 4.90 Å². The molecule has 1 aliphatic heterocycles. The van der Waals surface area contributed by atoms with E-state index in [0.29, 0.717) is 5.69 Å². The molecule has 1 heterocycles. The van der Waals surface area contributed by atoms with Crippen molar-refractivity contribution in [1.29, 1.82) is 0 Å². The van der Waals surface area contributed by atoms with Gasteiger partial charge < -0.3 is 21.7 Å². The van der Waals surface area contributed by atoms with Gasteiger partial charge in [0, 0.05) is 18.8 Å². The fourth-order valence-corrected chi connectivity index (χ4v) is 2.57. The number of aliphatic imine (C=N–C) groups is 1. The molecule has 0 aliphatic carbocycles. The third kappa shape index (κ3) is 3.41. The summed E-state index contributed by atoms with van der Waals surface area (Å²) in [7, 11) is 0. The Morgan fingerprint density at radius 2 is 2.05 bits per heavy atom. The normalized spacial score (nSPS) is 17.3. The van der Waals surface area contributed by atoms with E-state index >= 15 is 0 Å². The molecule has 0 fully saturated rings. The molecule has 7 heteroatoms. The molecule has 0 saturated heterocycles. The fraction of sp³-hybridized carbons (Fsp3) is 0.167. The lowest BCUT2D eigenvalue weighted by Gasteiger charge is -2.25. The number of guanidine groups is 1. The van der Waals surface area contributed by atoms with Gasteiger partial charge >= 0.3 is 0 Å². The number of carbonyl (C=O) groups is 1. The first-order valence-electron chi connectivity index (χ1n) is 5.63. The standard InChI is InChI=1S/C12H15N5OS/c1-8(18)15-12-17(6-7-19-12)10-4-2-9(3-5-10)16-11(13)14/h2-7,12H,1H3,(H,15,18)(H4,13,14,16). The monoisotopic (exact) mass is 277 g/mol. The Kier molecular flexibility index (Phi) is 3.96. The number of carbonyl (C=O) groups excluding carboxylic acids is 1. The lowest BCUT2D eigenvalue weighted by Crippen LogP contribution is -2.40. The number of nitrogens with two attached hydrogens (primary N) is 2.